The molecule has 33 heavy (non-hydrogen) atoms. The van der Waals surface area contributed by atoms with E-state index in [9.17, 15) is 4.79 Å². The van der Waals surface area contributed by atoms with Gasteiger partial charge in [-0.2, -0.15) is 0 Å². The molecule has 180 valence electrons. The summed E-state index contributed by atoms with van der Waals surface area (Å²) < 4.78 is 12.1. The highest BCUT2D eigenvalue weighted by Crippen LogP contribution is 2.45. The van der Waals surface area contributed by atoms with E-state index in [1.165, 1.54) is 5.56 Å². The molecule has 0 N–H and O–H groups in total. The summed E-state index contributed by atoms with van der Waals surface area (Å²) in [7, 11) is 1.69. The number of aryl methyl sites for hydroxylation is 1. The summed E-state index contributed by atoms with van der Waals surface area (Å²) in [4.78, 5) is 14.0. The van der Waals surface area contributed by atoms with E-state index in [4.69, 9.17) is 9.47 Å². The molecule has 0 amide bonds. The molecule has 3 nitrogen and oxygen atoms in total. The van der Waals surface area contributed by atoms with E-state index in [1.54, 1.807) is 7.11 Å². The molecule has 2 aromatic rings. The maximum absolute atomic E-state index is 14.0. The van der Waals surface area contributed by atoms with Gasteiger partial charge in [0.25, 0.3) is 0 Å². The summed E-state index contributed by atoms with van der Waals surface area (Å²) in [6, 6.07) is 12.5. The van der Waals surface area contributed by atoms with Gasteiger partial charge < -0.3 is 9.47 Å². The lowest BCUT2D eigenvalue weighted by Gasteiger charge is -2.34. The van der Waals surface area contributed by atoms with Crippen LogP contribution in [-0.4, -0.2) is 13.1 Å². The summed E-state index contributed by atoms with van der Waals surface area (Å²) in [5.74, 6) is 1.49. The molecule has 0 saturated carbocycles. The first-order chi connectivity index (χ1) is 15.5. The van der Waals surface area contributed by atoms with Crippen molar-refractivity contribution in [3.8, 4) is 11.5 Å². The van der Waals surface area contributed by atoms with Gasteiger partial charge in [0, 0.05) is 11.1 Å². The average molecular weight is 451 g/mol. The summed E-state index contributed by atoms with van der Waals surface area (Å²) in [5, 5.41) is 0. The summed E-state index contributed by atoms with van der Waals surface area (Å²) in [6.07, 6.45) is 5.42. The van der Waals surface area contributed by atoms with Crippen LogP contribution in [0, 0.1) is 5.92 Å². The maximum atomic E-state index is 14.0. The van der Waals surface area contributed by atoms with Gasteiger partial charge in [-0.15, -0.1) is 0 Å². The van der Waals surface area contributed by atoms with Gasteiger partial charge in [0.05, 0.1) is 13.0 Å². The zero-order valence-corrected chi connectivity index (χ0v) is 21.9. The molecule has 0 spiro atoms. The second-order valence-electron chi connectivity index (χ2n) is 11.6. The normalized spacial score (nSPS) is 18.5. The molecule has 1 aliphatic carbocycles. The molecule has 0 heterocycles. The van der Waals surface area contributed by atoms with Crippen LogP contribution in [0.1, 0.15) is 102 Å². The fourth-order valence-electron chi connectivity index (χ4n) is 5.03. The van der Waals surface area contributed by atoms with E-state index in [2.05, 4.69) is 72.7 Å². The van der Waals surface area contributed by atoms with E-state index in [0.717, 1.165) is 54.5 Å². The number of carbonyl (C=O) groups excluding carboxylic acids is 1. The Balaban J connectivity index is 2.10. The predicted octanol–water partition coefficient (Wildman–Crippen LogP) is 7.73. The maximum Gasteiger partial charge on any atom is 0.319 e. The van der Waals surface area contributed by atoms with Crippen LogP contribution in [0.15, 0.2) is 36.4 Å². The van der Waals surface area contributed by atoms with E-state index >= 15 is 0 Å². The number of hydrogen-bond acceptors (Lipinski definition) is 3. The lowest BCUT2D eigenvalue weighted by atomic mass is 9.73. The minimum absolute atomic E-state index is 0.121. The second-order valence-corrected chi connectivity index (χ2v) is 11.6. The van der Waals surface area contributed by atoms with E-state index in [0.29, 0.717) is 11.7 Å². The minimum Gasteiger partial charge on any atom is -0.497 e. The monoisotopic (exact) mass is 450 g/mol. The highest BCUT2D eigenvalue weighted by atomic mass is 16.5. The van der Waals surface area contributed by atoms with Gasteiger partial charge >= 0.3 is 5.97 Å². The van der Waals surface area contributed by atoms with Gasteiger partial charge in [-0.1, -0.05) is 85.6 Å². The average Bonchev–Trinajstić information content (AvgIpc) is 2.75. The molecule has 0 bridgehead atoms. The number of carbonyl (C=O) groups is 1. The van der Waals surface area contributed by atoms with Gasteiger partial charge in [-0.05, 0) is 59.3 Å². The van der Waals surface area contributed by atoms with Crippen molar-refractivity contribution in [3.63, 3.8) is 0 Å². The Morgan fingerprint density at radius 3 is 2.15 bits per heavy atom. The van der Waals surface area contributed by atoms with E-state index in [1.807, 2.05) is 12.1 Å². The first-order valence-electron chi connectivity index (χ1n) is 12.5. The Kier molecular flexibility index (Phi) is 7.61. The van der Waals surface area contributed by atoms with Gasteiger partial charge in [0.2, 0.25) is 0 Å². The van der Waals surface area contributed by atoms with Crippen molar-refractivity contribution in [1.82, 2.24) is 0 Å². The summed E-state index contributed by atoms with van der Waals surface area (Å²) >= 11 is 0. The van der Waals surface area contributed by atoms with Crippen LogP contribution < -0.4 is 9.47 Å². The fraction of sp³-hybridized carbons (Fsp3) is 0.567. The molecule has 0 fully saturated rings. The number of fused-ring (bicyclic) bond motifs is 1. The molecular formula is C30H42O3. The second kappa shape index (κ2) is 9.91. The van der Waals surface area contributed by atoms with Crippen molar-refractivity contribution in [1.29, 1.82) is 0 Å². The molecule has 0 aromatic heterocycles. The number of unbranched alkanes of at least 4 members (excludes halogenated alkanes) is 1. The highest BCUT2D eigenvalue weighted by Gasteiger charge is 2.38. The van der Waals surface area contributed by atoms with Gasteiger partial charge in [-0.3, -0.25) is 4.79 Å². The number of esters is 1. The van der Waals surface area contributed by atoms with E-state index < -0.39 is 0 Å². The standard InChI is InChI=1S/C30H42O3/c1-9-10-13-21-17-16-20-14-11-12-15-23(20)26(21)28(31)33-27-24(29(2,3)4)18-22(32-8)19-25(27)30(5,6)7/h11-12,14-15,18-19,21,26H,9-10,13,16-17H2,1-8H3/t21-,26+/m1/s1. The van der Waals surface area contributed by atoms with Crippen molar-refractivity contribution < 1.29 is 14.3 Å². The third-order valence-electron chi connectivity index (χ3n) is 6.95. The molecule has 0 saturated heterocycles. The van der Waals surface area contributed by atoms with Crippen molar-refractivity contribution in [2.24, 2.45) is 5.92 Å². The zero-order chi connectivity index (χ0) is 24.4. The number of rotatable bonds is 6. The van der Waals surface area contributed by atoms with Gasteiger partial charge in [0.15, 0.2) is 0 Å². The van der Waals surface area contributed by atoms with Crippen LogP contribution in [0.25, 0.3) is 0 Å². The Morgan fingerprint density at radius 2 is 1.61 bits per heavy atom. The molecule has 0 unspecified atom stereocenters. The van der Waals surface area contributed by atoms with Gasteiger partial charge in [0.1, 0.15) is 11.5 Å². The van der Waals surface area contributed by atoms with Crippen molar-refractivity contribution in [3.05, 3.63) is 58.7 Å². The van der Waals surface area contributed by atoms with Crippen LogP contribution in [0.4, 0.5) is 0 Å². The summed E-state index contributed by atoms with van der Waals surface area (Å²) in [6.45, 7) is 15.2. The Hall–Kier alpha value is -2.29. The first-order valence-corrected chi connectivity index (χ1v) is 12.5. The third-order valence-corrected chi connectivity index (χ3v) is 6.95. The van der Waals surface area contributed by atoms with Crippen LogP contribution >= 0.6 is 0 Å². The van der Waals surface area contributed by atoms with Crippen molar-refractivity contribution in [2.45, 2.75) is 97.3 Å². The third kappa shape index (κ3) is 5.62. The van der Waals surface area contributed by atoms with Crippen LogP contribution in [0.3, 0.4) is 0 Å². The van der Waals surface area contributed by atoms with Crippen LogP contribution in [-0.2, 0) is 22.0 Å². The predicted molar refractivity (Wildman–Crippen MR) is 137 cm³/mol. The molecule has 1 aliphatic rings. The molecule has 3 rings (SSSR count). The van der Waals surface area contributed by atoms with Crippen LogP contribution in [0.5, 0.6) is 11.5 Å². The number of benzene rings is 2. The molecule has 0 radical (unpaired) electrons. The topological polar surface area (TPSA) is 35.5 Å². The fourth-order valence-corrected chi connectivity index (χ4v) is 5.03. The largest absolute Gasteiger partial charge is 0.497 e. The Labute approximate surface area is 200 Å². The zero-order valence-electron chi connectivity index (χ0n) is 21.9. The number of methoxy groups -OCH3 is 1. The Morgan fingerprint density at radius 1 is 1.00 bits per heavy atom. The lowest BCUT2D eigenvalue weighted by Crippen LogP contribution is -2.32. The van der Waals surface area contributed by atoms with Crippen LogP contribution in [0.2, 0.25) is 0 Å². The molecule has 3 heteroatoms. The first kappa shape index (κ1) is 25.3. The Bertz CT molecular complexity index is 940. The molecule has 2 atom stereocenters. The molecular weight excluding hydrogens is 408 g/mol. The van der Waals surface area contributed by atoms with Gasteiger partial charge in [-0.25, -0.2) is 0 Å². The SMILES string of the molecule is CCCC[C@@H]1CCc2ccccc2[C@H]1C(=O)Oc1c(C(C)(C)C)cc(OC)cc1C(C)(C)C. The highest BCUT2D eigenvalue weighted by molar-refractivity contribution is 5.82. The minimum atomic E-state index is -0.218. The lowest BCUT2D eigenvalue weighted by molar-refractivity contribution is -0.138. The van der Waals surface area contributed by atoms with E-state index in [-0.39, 0.29) is 22.7 Å². The molecule has 2 aromatic carbocycles. The smallest absolute Gasteiger partial charge is 0.319 e. The van der Waals surface area contributed by atoms with Crippen molar-refractivity contribution >= 4 is 5.97 Å². The van der Waals surface area contributed by atoms with Crippen molar-refractivity contribution in [2.75, 3.05) is 7.11 Å². The number of ether oxygens (including phenoxy) is 2. The molecule has 0 aliphatic heterocycles. The quantitative estimate of drug-likeness (QED) is 0.334. The number of hydrogen-bond donors (Lipinski definition) is 0. The summed E-state index contributed by atoms with van der Waals surface area (Å²) in [5.41, 5.74) is 4.06.